The van der Waals surface area contributed by atoms with Gasteiger partial charge in [0.15, 0.2) is 5.78 Å². The van der Waals surface area contributed by atoms with E-state index >= 15 is 0 Å². The van der Waals surface area contributed by atoms with E-state index in [-0.39, 0.29) is 11.5 Å². The van der Waals surface area contributed by atoms with Crippen molar-refractivity contribution in [3.05, 3.63) is 54.2 Å². The third-order valence-corrected chi connectivity index (χ3v) is 4.02. The molecule has 1 aromatic heterocycles. The van der Waals surface area contributed by atoms with Crippen molar-refractivity contribution in [2.45, 2.75) is 0 Å². The summed E-state index contributed by atoms with van der Waals surface area (Å²) < 4.78 is 5.29. The topological polar surface area (TPSA) is 62.7 Å². The Balaban J connectivity index is 2.07. The Hall–Kier alpha value is -2.92. The van der Waals surface area contributed by atoms with Crippen molar-refractivity contribution in [1.82, 2.24) is 9.88 Å². The van der Waals surface area contributed by atoms with Gasteiger partial charge in [-0.25, -0.2) is 4.98 Å². The number of methoxy groups -OCH3 is 1. The maximum absolute atomic E-state index is 12.1. The summed E-state index contributed by atoms with van der Waals surface area (Å²) in [6, 6.07) is 12.6. The first kappa shape index (κ1) is 16.9. The molecule has 3 rings (SSSR count). The van der Waals surface area contributed by atoms with Crippen LogP contribution in [0.4, 0.5) is 0 Å². The van der Waals surface area contributed by atoms with E-state index in [4.69, 9.17) is 4.74 Å². The average Bonchev–Trinajstić information content (AvgIpc) is 2.60. The molecule has 0 spiro atoms. The number of pyridine rings is 1. The molecule has 0 saturated carbocycles. The molecule has 0 radical (unpaired) electrons. The number of nitrogens with zero attached hydrogens (tertiary/aromatic N) is 2. The summed E-state index contributed by atoms with van der Waals surface area (Å²) >= 11 is 0. The molecule has 3 aromatic rings. The first-order valence-corrected chi connectivity index (χ1v) is 7.94. The maximum Gasteiger partial charge on any atom is 0.221 e. The number of hydrogen-bond acceptors (Lipinski definition) is 5. The molecule has 0 aliphatic heterocycles. The summed E-state index contributed by atoms with van der Waals surface area (Å²) in [6.07, 6.45) is 1.68. The number of aromatic nitrogens is 1. The predicted molar refractivity (Wildman–Crippen MR) is 98.3 cm³/mol. The molecule has 0 atom stereocenters. The Kier molecular flexibility index (Phi) is 4.67. The van der Waals surface area contributed by atoms with Crippen molar-refractivity contribution in [2.75, 3.05) is 27.7 Å². The second kappa shape index (κ2) is 6.91. The van der Waals surface area contributed by atoms with Crippen LogP contribution < -0.4 is 4.74 Å². The van der Waals surface area contributed by atoms with Crippen LogP contribution in [0.1, 0.15) is 10.4 Å². The third kappa shape index (κ3) is 3.32. The number of ether oxygens (including phenoxy) is 1. The minimum atomic E-state index is 0.0668. The van der Waals surface area contributed by atoms with Gasteiger partial charge < -0.3 is 14.7 Å². The van der Waals surface area contributed by atoms with Gasteiger partial charge in [-0.3, -0.25) is 4.79 Å². The van der Waals surface area contributed by atoms with Gasteiger partial charge in [-0.1, -0.05) is 30.3 Å². The summed E-state index contributed by atoms with van der Waals surface area (Å²) in [7, 11) is 5.28. The zero-order chi connectivity index (χ0) is 18.0. The SMILES string of the molecule is COc1ncc(-c2ccc(C(=O)CN(C)C)cc2)c2c(O)cccc12. The van der Waals surface area contributed by atoms with E-state index in [1.807, 2.05) is 37.2 Å². The van der Waals surface area contributed by atoms with Crippen LogP contribution in [0.25, 0.3) is 21.9 Å². The van der Waals surface area contributed by atoms with Crippen LogP contribution in [0, 0.1) is 0 Å². The van der Waals surface area contributed by atoms with E-state index in [0.717, 1.165) is 16.5 Å². The standard InChI is InChI=1S/C20H20N2O3/c1-22(2)12-18(24)14-9-7-13(8-10-14)16-11-21-20(25-3)15-5-4-6-17(23)19(15)16/h4-11,23H,12H2,1-3H3. The van der Waals surface area contributed by atoms with Crippen molar-refractivity contribution in [3.8, 4) is 22.8 Å². The molecular weight excluding hydrogens is 316 g/mol. The Labute approximate surface area is 146 Å². The summed E-state index contributed by atoms with van der Waals surface area (Å²) in [5.41, 5.74) is 2.33. The number of carbonyl (C=O) groups is 1. The van der Waals surface area contributed by atoms with Crippen LogP contribution in [0.5, 0.6) is 11.6 Å². The Morgan fingerprint density at radius 2 is 1.88 bits per heavy atom. The number of Topliss-reactive ketones (excluding diaryl/α,β-unsaturated/α-hetero) is 1. The summed E-state index contributed by atoms with van der Waals surface area (Å²) in [6.45, 7) is 0.368. The van der Waals surface area contributed by atoms with Crippen molar-refractivity contribution < 1.29 is 14.6 Å². The molecule has 0 fully saturated rings. The lowest BCUT2D eigenvalue weighted by molar-refractivity contribution is 0.0958. The largest absolute Gasteiger partial charge is 0.507 e. The van der Waals surface area contributed by atoms with Gasteiger partial charge in [0.2, 0.25) is 5.88 Å². The van der Waals surface area contributed by atoms with E-state index < -0.39 is 0 Å². The fourth-order valence-corrected chi connectivity index (χ4v) is 2.85. The van der Waals surface area contributed by atoms with Gasteiger partial charge >= 0.3 is 0 Å². The lowest BCUT2D eigenvalue weighted by Crippen LogP contribution is -2.21. The third-order valence-electron chi connectivity index (χ3n) is 4.02. The summed E-state index contributed by atoms with van der Waals surface area (Å²) in [4.78, 5) is 18.3. The first-order chi connectivity index (χ1) is 12.0. The molecule has 2 aromatic carbocycles. The van der Waals surface area contributed by atoms with Crippen LogP contribution in [-0.2, 0) is 0 Å². The number of hydrogen-bond donors (Lipinski definition) is 1. The Morgan fingerprint density at radius 1 is 1.16 bits per heavy atom. The highest BCUT2D eigenvalue weighted by molar-refractivity contribution is 6.03. The monoisotopic (exact) mass is 336 g/mol. The van der Waals surface area contributed by atoms with Crippen molar-refractivity contribution in [3.63, 3.8) is 0 Å². The number of aromatic hydroxyl groups is 1. The van der Waals surface area contributed by atoms with Crippen molar-refractivity contribution >= 4 is 16.6 Å². The smallest absolute Gasteiger partial charge is 0.221 e. The number of ketones is 1. The van der Waals surface area contributed by atoms with Crippen molar-refractivity contribution in [2.24, 2.45) is 0 Å². The quantitative estimate of drug-likeness (QED) is 0.724. The van der Waals surface area contributed by atoms with Crippen molar-refractivity contribution in [1.29, 1.82) is 0 Å². The molecule has 0 saturated heterocycles. The number of fused-ring (bicyclic) bond motifs is 1. The van der Waals surface area contributed by atoms with Crippen LogP contribution in [0.2, 0.25) is 0 Å². The molecule has 0 bridgehead atoms. The fraction of sp³-hybridized carbons (Fsp3) is 0.200. The molecule has 25 heavy (non-hydrogen) atoms. The normalized spacial score (nSPS) is 11.0. The van der Waals surface area contributed by atoms with Gasteiger partial charge in [-0.2, -0.15) is 0 Å². The molecule has 1 N–H and O–H groups in total. The Bertz CT molecular complexity index is 918. The molecule has 1 heterocycles. The number of carbonyl (C=O) groups excluding carboxylic acids is 1. The highest BCUT2D eigenvalue weighted by Gasteiger charge is 2.14. The number of likely N-dealkylation sites (N-methyl/N-ethyl adjacent to an activating group) is 1. The van der Waals surface area contributed by atoms with Gasteiger partial charge in [0, 0.05) is 28.1 Å². The summed E-state index contributed by atoms with van der Waals surface area (Å²) in [5.74, 6) is 0.700. The van der Waals surface area contributed by atoms with Gasteiger partial charge in [0.1, 0.15) is 5.75 Å². The minimum absolute atomic E-state index is 0.0668. The van der Waals surface area contributed by atoms with Crippen LogP contribution >= 0.6 is 0 Å². The van der Waals surface area contributed by atoms with E-state index in [9.17, 15) is 9.90 Å². The van der Waals surface area contributed by atoms with E-state index in [1.165, 1.54) is 0 Å². The maximum atomic E-state index is 12.1. The molecule has 0 amide bonds. The second-order valence-electron chi connectivity index (χ2n) is 6.12. The number of benzene rings is 2. The number of phenols is 1. The highest BCUT2D eigenvalue weighted by Crippen LogP contribution is 2.37. The highest BCUT2D eigenvalue weighted by atomic mass is 16.5. The van der Waals surface area contributed by atoms with Crippen LogP contribution in [0.3, 0.4) is 0 Å². The van der Waals surface area contributed by atoms with Crippen LogP contribution in [-0.4, -0.2) is 48.5 Å². The molecule has 5 heteroatoms. The van der Waals surface area contributed by atoms with Gasteiger partial charge in [0.25, 0.3) is 0 Å². The number of rotatable bonds is 5. The second-order valence-corrected chi connectivity index (χ2v) is 6.12. The fourth-order valence-electron chi connectivity index (χ4n) is 2.85. The minimum Gasteiger partial charge on any atom is -0.507 e. The summed E-state index contributed by atoms with van der Waals surface area (Å²) in [5, 5.41) is 11.8. The van der Waals surface area contributed by atoms with Gasteiger partial charge in [-0.15, -0.1) is 0 Å². The molecule has 5 nitrogen and oxygen atoms in total. The van der Waals surface area contributed by atoms with E-state index in [1.54, 1.807) is 37.6 Å². The average molecular weight is 336 g/mol. The Morgan fingerprint density at radius 3 is 2.52 bits per heavy atom. The van der Waals surface area contributed by atoms with E-state index in [2.05, 4.69) is 4.98 Å². The predicted octanol–water partition coefficient (Wildman–Crippen LogP) is 3.36. The first-order valence-electron chi connectivity index (χ1n) is 7.94. The molecule has 128 valence electrons. The van der Waals surface area contributed by atoms with Crippen LogP contribution in [0.15, 0.2) is 48.7 Å². The van der Waals surface area contributed by atoms with E-state index in [0.29, 0.717) is 23.4 Å². The number of phenolic OH excluding ortho intramolecular Hbond substituents is 1. The lowest BCUT2D eigenvalue weighted by atomic mass is 9.98. The van der Waals surface area contributed by atoms with Gasteiger partial charge in [-0.05, 0) is 31.8 Å². The van der Waals surface area contributed by atoms with Gasteiger partial charge in [0.05, 0.1) is 13.7 Å². The molecule has 0 aliphatic rings. The molecular formula is C20H20N2O3. The lowest BCUT2D eigenvalue weighted by Gasteiger charge is -2.12. The molecule has 0 aliphatic carbocycles. The zero-order valence-corrected chi connectivity index (χ0v) is 14.5. The zero-order valence-electron chi connectivity index (χ0n) is 14.5. The molecule has 0 unspecified atom stereocenters.